The van der Waals surface area contributed by atoms with Gasteiger partial charge in [-0.3, -0.25) is 0 Å². The van der Waals surface area contributed by atoms with Crippen LogP contribution in [0.5, 0.6) is 0 Å². The van der Waals surface area contributed by atoms with Gasteiger partial charge in [-0.05, 0) is 6.42 Å². The molecule has 0 aromatic carbocycles. The number of carboxylic acid groups (broad SMARTS) is 1. The Hall–Kier alpha value is -1.34. The van der Waals surface area contributed by atoms with E-state index in [0.717, 1.165) is 6.42 Å². The highest BCUT2D eigenvalue weighted by atomic mass is 16.5. The van der Waals surface area contributed by atoms with Gasteiger partial charge in [0.2, 0.25) is 0 Å². The lowest BCUT2D eigenvalue weighted by Crippen LogP contribution is -2.53. The van der Waals surface area contributed by atoms with Crippen molar-refractivity contribution >= 4 is 12.0 Å². The Morgan fingerprint density at radius 2 is 2.28 bits per heavy atom. The summed E-state index contributed by atoms with van der Waals surface area (Å²) in [5.41, 5.74) is 0. The predicted octanol–water partition coefficient (Wildman–Crippen LogP) is -0.358. The number of aliphatic hydroxyl groups is 1. The van der Waals surface area contributed by atoms with Crippen molar-refractivity contribution in [3.63, 3.8) is 0 Å². The van der Waals surface area contributed by atoms with Gasteiger partial charge in [0.1, 0.15) is 6.04 Å². The molecule has 7 nitrogen and oxygen atoms in total. The van der Waals surface area contributed by atoms with Crippen LogP contribution in [0, 0.1) is 0 Å². The maximum absolute atomic E-state index is 11.9. The number of amides is 2. The Kier molecular flexibility index (Phi) is 5.87. The smallest absolute Gasteiger partial charge is 0.326 e. The summed E-state index contributed by atoms with van der Waals surface area (Å²) in [6.07, 6.45) is 0.816. The third kappa shape index (κ3) is 4.15. The van der Waals surface area contributed by atoms with Gasteiger partial charge >= 0.3 is 12.0 Å². The molecule has 0 radical (unpaired) electrons. The molecule has 1 saturated heterocycles. The van der Waals surface area contributed by atoms with Gasteiger partial charge in [0, 0.05) is 26.1 Å². The topological polar surface area (TPSA) is 99.1 Å². The molecule has 0 saturated carbocycles. The molecule has 2 atom stereocenters. The van der Waals surface area contributed by atoms with Crippen LogP contribution in [0.3, 0.4) is 0 Å². The fourth-order valence-corrected chi connectivity index (χ4v) is 1.78. The zero-order valence-electron chi connectivity index (χ0n) is 10.5. The molecule has 0 bridgehead atoms. The molecule has 0 aromatic rings. The average molecular weight is 260 g/mol. The number of ether oxygens (including phenoxy) is 1. The first-order chi connectivity index (χ1) is 8.58. The van der Waals surface area contributed by atoms with E-state index in [1.165, 1.54) is 0 Å². The van der Waals surface area contributed by atoms with Crippen LogP contribution in [0.4, 0.5) is 4.79 Å². The van der Waals surface area contributed by atoms with Crippen molar-refractivity contribution in [2.24, 2.45) is 0 Å². The van der Waals surface area contributed by atoms with Gasteiger partial charge in [0.15, 0.2) is 0 Å². The van der Waals surface area contributed by atoms with Crippen LogP contribution in [0.15, 0.2) is 0 Å². The number of aliphatic hydroxyl groups excluding tert-OH is 1. The van der Waals surface area contributed by atoms with Gasteiger partial charge in [-0.2, -0.15) is 0 Å². The number of aliphatic carboxylic acids is 1. The van der Waals surface area contributed by atoms with Crippen molar-refractivity contribution in [2.45, 2.75) is 31.9 Å². The minimum absolute atomic E-state index is 0.00260. The van der Waals surface area contributed by atoms with Crippen molar-refractivity contribution in [1.29, 1.82) is 0 Å². The fourth-order valence-electron chi connectivity index (χ4n) is 1.78. The van der Waals surface area contributed by atoms with Crippen LogP contribution in [0.2, 0.25) is 0 Å². The number of morpholine rings is 1. The van der Waals surface area contributed by atoms with Crippen molar-refractivity contribution in [2.75, 3.05) is 26.3 Å². The van der Waals surface area contributed by atoms with Gasteiger partial charge in [0.25, 0.3) is 0 Å². The Bertz CT molecular complexity index is 297. The summed E-state index contributed by atoms with van der Waals surface area (Å²) in [5.74, 6) is -1.14. The zero-order valence-corrected chi connectivity index (χ0v) is 10.5. The standard InChI is InChI=1S/C11H20N2O5/c1-2-8-7-13(4-6-18-8)11(17)12-9(3-5-14)10(15)16/h8-9,14H,2-7H2,1H3,(H,12,17)(H,15,16). The number of carboxylic acids is 1. The molecule has 7 heteroatoms. The summed E-state index contributed by atoms with van der Waals surface area (Å²) < 4.78 is 5.43. The summed E-state index contributed by atoms with van der Waals surface area (Å²) >= 11 is 0. The Labute approximate surface area is 106 Å². The molecule has 1 rings (SSSR count). The number of hydrogen-bond acceptors (Lipinski definition) is 4. The Morgan fingerprint density at radius 3 is 2.83 bits per heavy atom. The summed E-state index contributed by atoms with van der Waals surface area (Å²) in [6.45, 7) is 3.07. The predicted molar refractivity (Wildman–Crippen MR) is 63.3 cm³/mol. The van der Waals surface area contributed by atoms with E-state index >= 15 is 0 Å². The maximum Gasteiger partial charge on any atom is 0.326 e. The number of urea groups is 1. The van der Waals surface area contributed by atoms with E-state index in [4.69, 9.17) is 14.9 Å². The molecule has 0 aromatic heterocycles. The molecule has 1 heterocycles. The van der Waals surface area contributed by atoms with Crippen molar-refractivity contribution in [1.82, 2.24) is 10.2 Å². The van der Waals surface area contributed by atoms with Crippen LogP contribution in [-0.4, -0.2) is 65.6 Å². The van der Waals surface area contributed by atoms with Crippen molar-refractivity contribution in [3.05, 3.63) is 0 Å². The van der Waals surface area contributed by atoms with Crippen LogP contribution in [0.1, 0.15) is 19.8 Å². The molecule has 1 aliphatic rings. The second-order valence-electron chi connectivity index (χ2n) is 4.20. The molecular formula is C11H20N2O5. The number of nitrogens with one attached hydrogen (secondary N) is 1. The monoisotopic (exact) mass is 260 g/mol. The third-order valence-electron chi connectivity index (χ3n) is 2.89. The molecular weight excluding hydrogens is 240 g/mol. The minimum Gasteiger partial charge on any atom is -0.480 e. The molecule has 0 aliphatic carbocycles. The second kappa shape index (κ2) is 7.17. The van der Waals surface area contributed by atoms with Gasteiger partial charge < -0.3 is 25.2 Å². The first kappa shape index (κ1) is 14.7. The van der Waals surface area contributed by atoms with Crippen molar-refractivity contribution < 1.29 is 24.5 Å². The molecule has 1 fully saturated rings. The third-order valence-corrected chi connectivity index (χ3v) is 2.89. The number of hydrogen-bond donors (Lipinski definition) is 3. The number of carbonyl (C=O) groups excluding carboxylic acids is 1. The van der Waals surface area contributed by atoms with Gasteiger partial charge in [-0.1, -0.05) is 6.92 Å². The molecule has 2 amide bonds. The highest BCUT2D eigenvalue weighted by molar-refractivity contribution is 5.82. The normalized spacial score (nSPS) is 21.4. The number of nitrogens with zero attached hydrogens (tertiary/aromatic N) is 1. The molecule has 104 valence electrons. The van der Waals surface area contributed by atoms with E-state index < -0.39 is 18.0 Å². The van der Waals surface area contributed by atoms with Crippen LogP contribution < -0.4 is 5.32 Å². The Balaban J connectivity index is 2.50. The zero-order chi connectivity index (χ0) is 13.5. The first-order valence-corrected chi connectivity index (χ1v) is 6.09. The van der Waals surface area contributed by atoms with Gasteiger partial charge in [-0.15, -0.1) is 0 Å². The number of carbonyl (C=O) groups is 2. The van der Waals surface area contributed by atoms with Gasteiger partial charge in [-0.25, -0.2) is 9.59 Å². The number of rotatable bonds is 5. The van der Waals surface area contributed by atoms with Crippen LogP contribution in [-0.2, 0) is 9.53 Å². The van der Waals surface area contributed by atoms with Crippen LogP contribution >= 0.6 is 0 Å². The SMILES string of the molecule is CCC1CN(C(=O)NC(CCO)C(=O)O)CCO1. The van der Waals surface area contributed by atoms with E-state index in [1.54, 1.807) is 4.90 Å². The fraction of sp³-hybridized carbons (Fsp3) is 0.818. The lowest BCUT2D eigenvalue weighted by molar-refractivity contribution is -0.139. The van der Waals surface area contributed by atoms with E-state index in [9.17, 15) is 9.59 Å². The first-order valence-electron chi connectivity index (χ1n) is 6.09. The largest absolute Gasteiger partial charge is 0.480 e. The molecule has 3 N–H and O–H groups in total. The Morgan fingerprint density at radius 1 is 1.56 bits per heavy atom. The average Bonchev–Trinajstić information content (AvgIpc) is 2.38. The van der Waals surface area contributed by atoms with E-state index in [2.05, 4.69) is 5.32 Å². The molecule has 2 unspecified atom stereocenters. The lowest BCUT2D eigenvalue weighted by Gasteiger charge is -2.33. The summed E-state index contributed by atoms with van der Waals surface area (Å²) in [6, 6.07) is -1.47. The van der Waals surface area contributed by atoms with Crippen molar-refractivity contribution in [3.8, 4) is 0 Å². The van der Waals surface area contributed by atoms with E-state index in [-0.39, 0.29) is 19.1 Å². The maximum atomic E-state index is 11.9. The lowest BCUT2D eigenvalue weighted by atomic mass is 10.2. The molecule has 1 aliphatic heterocycles. The van der Waals surface area contributed by atoms with Crippen LogP contribution in [0.25, 0.3) is 0 Å². The van der Waals surface area contributed by atoms with Gasteiger partial charge in [0.05, 0.1) is 12.7 Å². The highest BCUT2D eigenvalue weighted by Crippen LogP contribution is 2.08. The summed E-state index contributed by atoms with van der Waals surface area (Å²) in [7, 11) is 0. The van der Waals surface area contributed by atoms with E-state index in [0.29, 0.717) is 19.7 Å². The second-order valence-corrected chi connectivity index (χ2v) is 4.20. The quantitative estimate of drug-likeness (QED) is 0.627. The minimum atomic E-state index is -1.14. The summed E-state index contributed by atoms with van der Waals surface area (Å²) in [5, 5.41) is 20.0. The highest BCUT2D eigenvalue weighted by Gasteiger charge is 2.26. The molecule has 0 spiro atoms. The summed E-state index contributed by atoms with van der Waals surface area (Å²) in [4.78, 5) is 24.3. The van der Waals surface area contributed by atoms with E-state index in [1.807, 2.05) is 6.92 Å². The molecule has 18 heavy (non-hydrogen) atoms.